The molecule has 1 amide bonds. The maximum Gasteiger partial charge on any atom is 0.243 e. The lowest BCUT2D eigenvalue weighted by molar-refractivity contribution is -0.122. The van der Waals surface area contributed by atoms with Crippen molar-refractivity contribution < 1.29 is 22.7 Å². The van der Waals surface area contributed by atoms with Crippen LogP contribution in [0.25, 0.3) is 0 Å². The summed E-state index contributed by atoms with van der Waals surface area (Å²) in [5.74, 6) is 1.31. The highest BCUT2D eigenvalue weighted by molar-refractivity contribution is 7.89. The smallest absolute Gasteiger partial charge is 0.243 e. The van der Waals surface area contributed by atoms with Crippen molar-refractivity contribution in [3.05, 3.63) is 53.6 Å². The van der Waals surface area contributed by atoms with Gasteiger partial charge >= 0.3 is 0 Å². The van der Waals surface area contributed by atoms with Crippen molar-refractivity contribution in [2.45, 2.75) is 24.8 Å². The van der Waals surface area contributed by atoms with Gasteiger partial charge in [0, 0.05) is 26.2 Å². The van der Waals surface area contributed by atoms with Crippen LogP contribution in [-0.2, 0) is 21.4 Å². The molecular formula is C22H27N3O5S. The number of sulfonamides is 1. The van der Waals surface area contributed by atoms with E-state index in [0.29, 0.717) is 55.5 Å². The van der Waals surface area contributed by atoms with E-state index in [4.69, 9.17) is 9.47 Å². The Morgan fingerprint density at radius 2 is 1.77 bits per heavy atom. The molecule has 166 valence electrons. The van der Waals surface area contributed by atoms with Crippen molar-refractivity contribution >= 4 is 15.9 Å². The molecule has 0 atom stereocenters. The van der Waals surface area contributed by atoms with Crippen LogP contribution in [0.4, 0.5) is 0 Å². The number of amides is 1. The van der Waals surface area contributed by atoms with Crippen molar-refractivity contribution in [2.24, 2.45) is 0 Å². The molecule has 1 saturated heterocycles. The number of nitrogens with one attached hydrogen (secondary N) is 1. The summed E-state index contributed by atoms with van der Waals surface area (Å²) in [6.45, 7) is 4.80. The number of hydrogen-bond acceptors (Lipinski definition) is 6. The average molecular weight is 446 g/mol. The van der Waals surface area contributed by atoms with E-state index in [9.17, 15) is 13.2 Å². The molecule has 9 heteroatoms. The highest BCUT2D eigenvalue weighted by atomic mass is 32.2. The second kappa shape index (κ2) is 9.25. The zero-order valence-electron chi connectivity index (χ0n) is 17.5. The molecular weight excluding hydrogens is 418 g/mol. The molecule has 0 bridgehead atoms. The van der Waals surface area contributed by atoms with Gasteiger partial charge < -0.3 is 14.8 Å². The van der Waals surface area contributed by atoms with Gasteiger partial charge in [-0.1, -0.05) is 23.8 Å². The van der Waals surface area contributed by atoms with Gasteiger partial charge in [0.2, 0.25) is 22.7 Å². The number of benzene rings is 2. The molecule has 2 aliphatic rings. The number of ether oxygens (including phenoxy) is 2. The van der Waals surface area contributed by atoms with Crippen molar-refractivity contribution in [1.82, 2.24) is 14.5 Å². The molecule has 2 heterocycles. The lowest BCUT2D eigenvalue weighted by Crippen LogP contribution is -2.39. The second-order valence-electron chi connectivity index (χ2n) is 7.81. The Morgan fingerprint density at radius 3 is 2.58 bits per heavy atom. The summed E-state index contributed by atoms with van der Waals surface area (Å²) in [5, 5.41) is 2.92. The van der Waals surface area contributed by atoms with E-state index >= 15 is 0 Å². The highest BCUT2D eigenvalue weighted by Gasteiger charge is 2.27. The molecule has 4 rings (SSSR count). The summed E-state index contributed by atoms with van der Waals surface area (Å²) >= 11 is 0. The summed E-state index contributed by atoms with van der Waals surface area (Å²) < 4.78 is 38.0. The Balaban J connectivity index is 1.28. The third-order valence-electron chi connectivity index (χ3n) is 5.50. The minimum absolute atomic E-state index is 0.0903. The lowest BCUT2D eigenvalue weighted by atomic mass is 10.2. The SMILES string of the molecule is Cc1ccc(S(=O)(=O)N2CCCN(CC(=O)NCc3ccc4c(c3)OCO4)CC2)cc1. The van der Waals surface area contributed by atoms with Crippen LogP contribution in [0.3, 0.4) is 0 Å². The Labute approximate surface area is 182 Å². The molecule has 0 saturated carbocycles. The molecule has 0 radical (unpaired) electrons. The van der Waals surface area contributed by atoms with Gasteiger partial charge in [0.15, 0.2) is 11.5 Å². The Kier molecular flexibility index (Phi) is 6.45. The number of hydrogen-bond donors (Lipinski definition) is 1. The number of carbonyl (C=O) groups excluding carboxylic acids is 1. The molecule has 8 nitrogen and oxygen atoms in total. The summed E-state index contributed by atoms with van der Waals surface area (Å²) in [7, 11) is -3.52. The monoisotopic (exact) mass is 445 g/mol. The van der Waals surface area contributed by atoms with Crippen molar-refractivity contribution in [2.75, 3.05) is 39.5 Å². The zero-order chi connectivity index (χ0) is 21.8. The van der Waals surface area contributed by atoms with E-state index in [1.54, 1.807) is 12.1 Å². The van der Waals surface area contributed by atoms with Crippen molar-refractivity contribution in [3.63, 3.8) is 0 Å². The number of aryl methyl sites for hydroxylation is 1. The molecule has 0 unspecified atom stereocenters. The second-order valence-corrected chi connectivity index (χ2v) is 9.75. The highest BCUT2D eigenvalue weighted by Crippen LogP contribution is 2.32. The Bertz CT molecular complexity index is 1040. The van der Waals surface area contributed by atoms with E-state index in [0.717, 1.165) is 11.1 Å². The normalized spacial score (nSPS) is 17.3. The molecule has 0 aliphatic carbocycles. The number of fused-ring (bicyclic) bond motifs is 1. The molecule has 0 spiro atoms. The first-order valence-electron chi connectivity index (χ1n) is 10.4. The topological polar surface area (TPSA) is 88.2 Å². The molecule has 2 aliphatic heterocycles. The number of nitrogens with zero attached hydrogens (tertiary/aromatic N) is 2. The van der Waals surface area contributed by atoms with E-state index in [1.165, 1.54) is 4.31 Å². The first-order chi connectivity index (χ1) is 14.9. The van der Waals surface area contributed by atoms with Gasteiger partial charge in [-0.15, -0.1) is 0 Å². The van der Waals surface area contributed by atoms with Gasteiger partial charge in [0.25, 0.3) is 0 Å². The van der Waals surface area contributed by atoms with Crippen LogP contribution in [-0.4, -0.2) is 63.0 Å². The fourth-order valence-electron chi connectivity index (χ4n) is 3.72. The summed E-state index contributed by atoms with van der Waals surface area (Å²) in [4.78, 5) is 14.7. The summed E-state index contributed by atoms with van der Waals surface area (Å²) in [5.41, 5.74) is 1.96. The molecule has 31 heavy (non-hydrogen) atoms. The number of carbonyl (C=O) groups is 1. The van der Waals surface area contributed by atoms with E-state index in [2.05, 4.69) is 5.32 Å². The first kappa shape index (κ1) is 21.6. The van der Waals surface area contributed by atoms with Gasteiger partial charge in [0.1, 0.15) is 0 Å². The molecule has 2 aromatic carbocycles. The fraction of sp³-hybridized carbons (Fsp3) is 0.409. The zero-order valence-corrected chi connectivity index (χ0v) is 18.4. The van der Waals surface area contributed by atoms with E-state index < -0.39 is 10.0 Å². The van der Waals surface area contributed by atoms with Crippen LogP contribution in [0.5, 0.6) is 11.5 Å². The molecule has 1 N–H and O–H groups in total. The van der Waals surface area contributed by atoms with Gasteiger partial charge in [-0.2, -0.15) is 4.31 Å². The third-order valence-corrected chi connectivity index (χ3v) is 7.41. The maximum atomic E-state index is 12.9. The van der Waals surface area contributed by atoms with Crippen LogP contribution in [0.1, 0.15) is 17.5 Å². The minimum atomic E-state index is -3.52. The maximum absolute atomic E-state index is 12.9. The van der Waals surface area contributed by atoms with Crippen LogP contribution in [0.15, 0.2) is 47.4 Å². The molecule has 0 aromatic heterocycles. The van der Waals surface area contributed by atoms with Gasteiger partial charge in [-0.05, 0) is 49.7 Å². The van der Waals surface area contributed by atoms with Gasteiger partial charge in [0.05, 0.1) is 11.4 Å². The summed E-state index contributed by atoms with van der Waals surface area (Å²) in [6.07, 6.45) is 0.681. The Morgan fingerprint density at radius 1 is 1.00 bits per heavy atom. The van der Waals surface area contributed by atoms with Crippen LogP contribution >= 0.6 is 0 Å². The van der Waals surface area contributed by atoms with E-state index in [1.807, 2.05) is 42.2 Å². The van der Waals surface area contributed by atoms with Crippen LogP contribution in [0, 0.1) is 6.92 Å². The van der Waals surface area contributed by atoms with Crippen molar-refractivity contribution in [1.29, 1.82) is 0 Å². The van der Waals surface area contributed by atoms with E-state index in [-0.39, 0.29) is 19.2 Å². The van der Waals surface area contributed by atoms with Gasteiger partial charge in [-0.25, -0.2) is 8.42 Å². The largest absolute Gasteiger partial charge is 0.454 e. The standard InChI is InChI=1S/C22H27N3O5S/c1-17-3-6-19(7-4-17)31(27,28)25-10-2-9-24(11-12-25)15-22(26)23-14-18-5-8-20-21(13-18)30-16-29-20/h3-8,13H,2,9-12,14-16H2,1H3,(H,23,26). The predicted octanol–water partition coefficient (Wildman–Crippen LogP) is 1.74. The quantitative estimate of drug-likeness (QED) is 0.729. The van der Waals surface area contributed by atoms with Gasteiger partial charge in [-0.3, -0.25) is 9.69 Å². The molecule has 1 fully saturated rings. The van der Waals surface area contributed by atoms with Crippen molar-refractivity contribution in [3.8, 4) is 11.5 Å². The number of rotatable bonds is 6. The van der Waals surface area contributed by atoms with Crippen LogP contribution in [0.2, 0.25) is 0 Å². The Hall–Kier alpha value is -2.62. The molecule has 2 aromatic rings. The fourth-order valence-corrected chi connectivity index (χ4v) is 5.19. The lowest BCUT2D eigenvalue weighted by Gasteiger charge is -2.21. The predicted molar refractivity (Wildman–Crippen MR) is 115 cm³/mol. The summed E-state index contributed by atoms with van der Waals surface area (Å²) in [6, 6.07) is 12.5. The first-order valence-corrected chi connectivity index (χ1v) is 11.8. The minimum Gasteiger partial charge on any atom is -0.454 e. The van der Waals surface area contributed by atoms with Crippen LogP contribution < -0.4 is 14.8 Å². The third kappa shape index (κ3) is 5.17. The average Bonchev–Trinajstić information content (AvgIpc) is 3.09.